The molecule has 0 aromatic heterocycles. The Morgan fingerprint density at radius 3 is 2.63 bits per heavy atom. The molecule has 0 heterocycles. The molecule has 0 radical (unpaired) electrons. The minimum Gasteiger partial charge on any atom is -0.507 e. The van der Waals surface area contributed by atoms with Gasteiger partial charge in [-0.15, -0.1) is 0 Å². The molecule has 102 valence electrons. The van der Waals surface area contributed by atoms with Gasteiger partial charge in [-0.25, -0.2) is 0 Å². The Kier molecular flexibility index (Phi) is 4.14. The van der Waals surface area contributed by atoms with E-state index in [1.165, 1.54) is 24.8 Å². The SMILES string of the molecule is CN=Cc1cc([N+](=O)[O-])cc(C2CCCCC2)c1O. The first kappa shape index (κ1) is 13.5. The van der Waals surface area contributed by atoms with Crippen molar-refractivity contribution in [2.75, 3.05) is 7.05 Å². The fourth-order valence-corrected chi connectivity index (χ4v) is 2.73. The topological polar surface area (TPSA) is 75.7 Å². The van der Waals surface area contributed by atoms with Gasteiger partial charge in [-0.05, 0) is 18.8 Å². The van der Waals surface area contributed by atoms with Gasteiger partial charge in [0.25, 0.3) is 5.69 Å². The monoisotopic (exact) mass is 262 g/mol. The van der Waals surface area contributed by atoms with Crippen molar-refractivity contribution in [3.05, 3.63) is 33.4 Å². The first-order valence-corrected chi connectivity index (χ1v) is 6.57. The number of aliphatic imine (C=N–C) groups is 1. The summed E-state index contributed by atoms with van der Waals surface area (Å²) < 4.78 is 0. The van der Waals surface area contributed by atoms with Crippen LogP contribution in [0.15, 0.2) is 17.1 Å². The van der Waals surface area contributed by atoms with Crippen LogP contribution in [0.1, 0.15) is 49.1 Å². The summed E-state index contributed by atoms with van der Waals surface area (Å²) in [5, 5.41) is 21.2. The molecule has 1 N–H and O–H groups in total. The predicted octanol–water partition coefficient (Wildman–Crippen LogP) is 3.40. The third kappa shape index (κ3) is 2.92. The van der Waals surface area contributed by atoms with Crippen LogP contribution >= 0.6 is 0 Å². The number of phenols is 1. The molecule has 0 saturated heterocycles. The van der Waals surface area contributed by atoms with E-state index in [9.17, 15) is 15.2 Å². The van der Waals surface area contributed by atoms with Crippen molar-refractivity contribution in [1.29, 1.82) is 0 Å². The summed E-state index contributed by atoms with van der Waals surface area (Å²) in [4.78, 5) is 14.4. The van der Waals surface area contributed by atoms with Crippen molar-refractivity contribution in [1.82, 2.24) is 0 Å². The fourth-order valence-electron chi connectivity index (χ4n) is 2.73. The number of rotatable bonds is 3. The number of hydrogen-bond acceptors (Lipinski definition) is 4. The number of nitro groups is 1. The van der Waals surface area contributed by atoms with Crippen LogP contribution in [0.4, 0.5) is 5.69 Å². The molecule has 5 nitrogen and oxygen atoms in total. The van der Waals surface area contributed by atoms with Gasteiger partial charge in [0.05, 0.1) is 4.92 Å². The normalized spacial score (nSPS) is 16.9. The van der Waals surface area contributed by atoms with Crippen LogP contribution in [-0.4, -0.2) is 23.3 Å². The van der Waals surface area contributed by atoms with Crippen molar-refractivity contribution in [3.8, 4) is 5.75 Å². The van der Waals surface area contributed by atoms with Gasteiger partial charge in [0.2, 0.25) is 0 Å². The van der Waals surface area contributed by atoms with Gasteiger partial charge in [0.15, 0.2) is 0 Å². The third-order valence-corrected chi connectivity index (χ3v) is 3.68. The summed E-state index contributed by atoms with van der Waals surface area (Å²) in [5.74, 6) is 0.362. The van der Waals surface area contributed by atoms with Gasteiger partial charge < -0.3 is 5.11 Å². The van der Waals surface area contributed by atoms with Crippen molar-refractivity contribution in [2.24, 2.45) is 4.99 Å². The van der Waals surface area contributed by atoms with Crippen LogP contribution in [0.2, 0.25) is 0 Å². The molecule has 1 aromatic carbocycles. The van der Waals surface area contributed by atoms with Crippen LogP contribution < -0.4 is 0 Å². The van der Waals surface area contributed by atoms with Crippen molar-refractivity contribution in [3.63, 3.8) is 0 Å². The summed E-state index contributed by atoms with van der Waals surface area (Å²) in [7, 11) is 1.58. The largest absolute Gasteiger partial charge is 0.507 e. The Hall–Kier alpha value is -1.91. The maximum Gasteiger partial charge on any atom is 0.270 e. The Morgan fingerprint density at radius 2 is 2.05 bits per heavy atom. The van der Waals surface area contributed by atoms with E-state index >= 15 is 0 Å². The third-order valence-electron chi connectivity index (χ3n) is 3.68. The molecular weight excluding hydrogens is 244 g/mol. The lowest BCUT2D eigenvalue weighted by atomic mass is 9.83. The maximum atomic E-state index is 11.0. The van der Waals surface area contributed by atoms with E-state index < -0.39 is 4.92 Å². The van der Waals surface area contributed by atoms with E-state index in [1.54, 1.807) is 7.05 Å². The summed E-state index contributed by atoms with van der Waals surface area (Å²) >= 11 is 0. The molecule has 1 aliphatic carbocycles. The highest BCUT2D eigenvalue weighted by Crippen LogP contribution is 2.40. The molecule has 1 fully saturated rings. The average Bonchev–Trinajstić information content (AvgIpc) is 2.42. The van der Waals surface area contributed by atoms with Crippen LogP contribution in [0.5, 0.6) is 5.75 Å². The number of hydrogen-bond donors (Lipinski definition) is 1. The summed E-state index contributed by atoms with van der Waals surface area (Å²) in [5.41, 5.74) is 1.15. The van der Waals surface area contributed by atoms with Crippen molar-refractivity contribution >= 4 is 11.9 Å². The second kappa shape index (κ2) is 5.82. The molecule has 19 heavy (non-hydrogen) atoms. The molecule has 1 saturated carbocycles. The molecule has 5 heteroatoms. The second-order valence-electron chi connectivity index (χ2n) is 4.95. The first-order chi connectivity index (χ1) is 9.13. The van der Waals surface area contributed by atoms with E-state index in [0.717, 1.165) is 25.7 Å². The highest BCUT2D eigenvalue weighted by Gasteiger charge is 2.23. The molecule has 1 aliphatic rings. The van der Waals surface area contributed by atoms with E-state index in [1.807, 2.05) is 0 Å². The smallest absolute Gasteiger partial charge is 0.270 e. The van der Waals surface area contributed by atoms with E-state index in [2.05, 4.69) is 4.99 Å². The van der Waals surface area contributed by atoms with Gasteiger partial charge in [-0.1, -0.05) is 19.3 Å². The summed E-state index contributed by atoms with van der Waals surface area (Å²) in [6, 6.07) is 2.88. The standard InChI is InChI=1S/C14H18N2O3/c1-15-9-11-7-12(16(18)19)8-13(14(11)17)10-5-3-2-4-6-10/h7-10,17H,2-6H2,1H3. The Balaban J connectivity index is 2.47. The van der Waals surface area contributed by atoms with Crippen LogP contribution in [0, 0.1) is 10.1 Å². The Labute approximate surface area is 112 Å². The molecule has 0 amide bonds. The first-order valence-electron chi connectivity index (χ1n) is 6.57. The highest BCUT2D eigenvalue weighted by atomic mass is 16.6. The van der Waals surface area contributed by atoms with Crippen LogP contribution in [0.25, 0.3) is 0 Å². The lowest BCUT2D eigenvalue weighted by Crippen LogP contribution is -2.06. The molecular formula is C14H18N2O3. The Bertz CT molecular complexity index is 506. The van der Waals surface area contributed by atoms with Gasteiger partial charge in [-0.2, -0.15) is 0 Å². The molecule has 0 spiro atoms. The Morgan fingerprint density at radius 1 is 1.37 bits per heavy atom. The van der Waals surface area contributed by atoms with E-state index in [-0.39, 0.29) is 17.4 Å². The minimum atomic E-state index is -0.418. The van der Waals surface area contributed by atoms with Crippen molar-refractivity contribution < 1.29 is 10.0 Å². The number of aromatic hydroxyl groups is 1. The molecule has 0 atom stereocenters. The summed E-state index contributed by atoms with van der Waals surface area (Å²) in [6.45, 7) is 0. The molecule has 0 aliphatic heterocycles. The van der Waals surface area contributed by atoms with Crippen LogP contribution in [0.3, 0.4) is 0 Å². The lowest BCUT2D eigenvalue weighted by molar-refractivity contribution is -0.385. The molecule has 2 rings (SSSR count). The van der Waals surface area contributed by atoms with Crippen LogP contribution in [-0.2, 0) is 0 Å². The molecule has 0 unspecified atom stereocenters. The summed E-state index contributed by atoms with van der Waals surface area (Å²) in [6.07, 6.45) is 6.87. The number of non-ortho nitro benzene ring substituents is 1. The predicted molar refractivity (Wildman–Crippen MR) is 74.1 cm³/mol. The lowest BCUT2D eigenvalue weighted by Gasteiger charge is -2.23. The maximum absolute atomic E-state index is 11.0. The van der Waals surface area contributed by atoms with Gasteiger partial charge >= 0.3 is 0 Å². The average molecular weight is 262 g/mol. The van der Waals surface area contributed by atoms with E-state index in [0.29, 0.717) is 11.1 Å². The number of phenolic OH excluding ortho intramolecular Hbond substituents is 1. The fraction of sp³-hybridized carbons (Fsp3) is 0.500. The van der Waals surface area contributed by atoms with Gasteiger partial charge in [-0.3, -0.25) is 15.1 Å². The van der Waals surface area contributed by atoms with Gasteiger partial charge in [0.1, 0.15) is 5.75 Å². The molecule has 0 bridgehead atoms. The van der Waals surface area contributed by atoms with Crippen molar-refractivity contribution in [2.45, 2.75) is 38.0 Å². The quantitative estimate of drug-likeness (QED) is 0.515. The number of benzene rings is 1. The van der Waals surface area contributed by atoms with E-state index in [4.69, 9.17) is 0 Å². The molecule has 1 aromatic rings. The highest BCUT2D eigenvalue weighted by molar-refractivity contribution is 5.85. The second-order valence-corrected chi connectivity index (χ2v) is 4.95. The zero-order chi connectivity index (χ0) is 13.8. The number of nitrogens with zero attached hydrogens (tertiary/aromatic N) is 2. The number of nitro benzene ring substituents is 1. The zero-order valence-electron chi connectivity index (χ0n) is 11.0. The van der Waals surface area contributed by atoms with Gasteiger partial charge in [0, 0.05) is 36.5 Å². The zero-order valence-corrected chi connectivity index (χ0v) is 11.0. The minimum absolute atomic E-state index is 0.0215.